The van der Waals surface area contributed by atoms with Crippen LogP contribution in [0.5, 0.6) is 0 Å². The molecule has 0 aromatic rings. The van der Waals surface area contributed by atoms with Crippen LogP contribution in [0.25, 0.3) is 0 Å². The van der Waals surface area contributed by atoms with Gasteiger partial charge in [-0.3, -0.25) is 4.90 Å². The van der Waals surface area contributed by atoms with Gasteiger partial charge in [-0.1, -0.05) is 102 Å². The second kappa shape index (κ2) is 38.8. The molecule has 0 unspecified atom stereocenters. The van der Waals surface area contributed by atoms with Gasteiger partial charge in [-0.05, 0) is 157 Å². The van der Waals surface area contributed by atoms with Crippen molar-refractivity contribution >= 4 is 0 Å². The molecule has 13 nitrogen and oxygen atoms in total. The van der Waals surface area contributed by atoms with Crippen molar-refractivity contribution in [3.63, 3.8) is 0 Å². The molecule has 13 heteroatoms. The molecule has 76 heavy (non-hydrogen) atoms. The first-order valence-corrected chi connectivity index (χ1v) is 31.3. The Balaban J connectivity index is 3.79. The van der Waals surface area contributed by atoms with Gasteiger partial charge in [-0.2, -0.15) is 0 Å². The van der Waals surface area contributed by atoms with Crippen LogP contribution in [0.15, 0.2) is 12.2 Å². The molecule has 1 fully saturated rings. The van der Waals surface area contributed by atoms with E-state index in [0.29, 0.717) is 90.9 Å². The highest BCUT2D eigenvalue weighted by Crippen LogP contribution is 2.22. The summed E-state index contributed by atoms with van der Waals surface area (Å²) in [6.45, 7) is 51.5. The van der Waals surface area contributed by atoms with Gasteiger partial charge in [0.1, 0.15) is 0 Å². The maximum atomic E-state index is 12.3. The van der Waals surface area contributed by atoms with E-state index in [2.05, 4.69) is 228 Å². The van der Waals surface area contributed by atoms with Crippen molar-refractivity contribution in [3.8, 4) is 0 Å². The highest BCUT2D eigenvalue weighted by atomic mass is 16.3. The molecule has 1 saturated heterocycles. The molecule has 1 heterocycles. The summed E-state index contributed by atoms with van der Waals surface area (Å²) < 4.78 is 0. The van der Waals surface area contributed by atoms with Gasteiger partial charge in [0.15, 0.2) is 0 Å². The summed E-state index contributed by atoms with van der Waals surface area (Å²) in [4.78, 5) is 15.3. The SMILES string of the molecule is C/C=C/C[C@@H](C)[C@@H](O)[C@@H]1CN[C@H]([C@@H](C)O)CN(C)[C@H](C)CN(C)[C@@H](CC(C)C)CN[C@@H](CC(C)C)CN(C)[C@@H](CC(C)C)CN[C@@H](C)CN[C@H](C)CN(C)[C@@H](CC(C)C)CN[C@@H](CC(C)C)CN(C)[C@@H](C(C)C)CN1C. The lowest BCUT2D eigenvalue weighted by atomic mass is 9.92. The zero-order chi connectivity index (χ0) is 58.0. The van der Waals surface area contributed by atoms with Crippen LogP contribution in [0.1, 0.15) is 163 Å². The second-order valence-electron chi connectivity index (χ2n) is 27.8. The van der Waals surface area contributed by atoms with Gasteiger partial charge in [0.05, 0.1) is 12.2 Å². The maximum absolute atomic E-state index is 12.3. The average Bonchev–Trinajstić information content (AvgIpc) is 3.30. The van der Waals surface area contributed by atoms with E-state index in [1.54, 1.807) is 0 Å². The van der Waals surface area contributed by atoms with Crippen LogP contribution in [-0.4, -0.2) is 233 Å². The van der Waals surface area contributed by atoms with Gasteiger partial charge in [0, 0.05) is 138 Å². The number of allylic oxidation sites excluding steroid dienone is 2. The largest absolute Gasteiger partial charge is 0.392 e. The number of hydrogen-bond acceptors (Lipinski definition) is 13. The van der Waals surface area contributed by atoms with Crippen molar-refractivity contribution in [1.29, 1.82) is 0 Å². The molecule has 1 rings (SSSR count). The molecule has 1 aliphatic heterocycles. The lowest BCUT2D eigenvalue weighted by Gasteiger charge is -2.42. The number of aliphatic hydroxyl groups is 2. The van der Waals surface area contributed by atoms with E-state index >= 15 is 0 Å². The molecule has 1 aliphatic rings. The number of nitrogens with zero attached hydrogens (tertiary/aromatic N) is 6. The average molecular weight is 1080 g/mol. The quantitative estimate of drug-likeness (QED) is 0.0761. The molecule has 14 atom stereocenters. The Hall–Kier alpha value is -0.780. The minimum Gasteiger partial charge on any atom is -0.392 e. The summed E-state index contributed by atoms with van der Waals surface area (Å²) in [5.41, 5.74) is 0. The number of likely N-dealkylation sites (N-methyl/N-ethyl adjacent to an activating group) is 6. The van der Waals surface area contributed by atoms with E-state index in [4.69, 9.17) is 0 Å². The van der Waals surface area contributed by atoms with Gasteiger partial charge < -0.3 is 61.3 Å². The van der Waals surface area contributed by atoms with Crippen molar-refractivity contribution < 1.29 is 10.2 Å². The Labute approximate surface area is 474 Å². The van der Waals surface area contributed by atoms with Gasteiger partial charge in [0.2, 0.25) is 0 Å². The summed E-state index contributed by atoms with van der Waals surface area (Å²) >= 11 is 0. The van der Waals surface area contributed by atoms with Crippen LogP contribution in [0.4, 0.5) is 0 Å². The van der Waals surface area contributed by atoms with Gasteiger partial charge in [-0.25, -0.2) is 0 Å². The van der Waals surface area contributed by atoms with Crippen LogP contribution >= 0.6 is 0 Å². The third kappa shape index (κ3) is 30.3. The van der Waals surface area contributed by atoms with Crippen molar-refractivity contribution in [2.75, 3.05) is 114 Å². The van der Waals surface area contributed by atoms with Crippen molar-refractivity contribution in [3.05, 3.63) is 12.2 Å². The standard InChI is InChI=1S/C63H135N11O2/c1-25-26-27-50(14)63(76)61-37-68-60(54(18)75)42-69(19)53(17)39-71(21)59(32-48(10)11)36-66-55(28-44(2)3)40-72(22)57(30-46(6)7)34-65-51(15)33-64-52(16)38-70(20)58(31-47(8)9)35-67-56(29-45(4)5)41-73(23)62(49(12)13)43-74(61)24/h25-26,44-68,75-76H,27-43H2,1-24H3/b26-25+/t50-,51+,52-,53-,54-,55+,56+,57+,58+,59+,60+,61+,62-,63-/m1/s1. The third-order valence-electron chi connectivity index (χ3n) is 17.0. The zero-order valence-electron chi connectivity index (χ0n) is 54.8. The number of rotatable bonds is 16. The zero-order valence-corrected chi connectivity index (χ0v) is 54.8. The minimum absolute atomic E-state index is 0.0812. The molecule has 0 amide bonds. The summed E-state index contributed by atoms with van der Waals surface area (Å²) in [5.74, 6) is 3.47. The second-order valence-corrected chi connectivity index (χ2v) is 27.8. The molecule has 0 spiro atoms. The van der Waals surface area contributed by atoms with Crippen molar-refractivity contribution in [2.45, 2.75) is 242 Å². The summed E-state index contributed by atoms with van der Waals surface area (Å²) in [7, 11) is 13.8. The Morgan fingerprint density at radius 1 is 0.434 bits per heavy atom. The molecule has 0 aromatic heterocycles. The van der Waals surface area contributed by atoms with E-state index < -0.39 is 12.2 Å². The van der Waals surface area contributed by atoms with Crippen LogP contribution in [0.2, 0.25) is 0 Å². The molecule has 0 bridgehead atoms. The molecule has 0 saturated carbocycles. The first-order chi connectivity index (χ1) is 35.4. The number of hydrogen-bond donors (Lipinski definition) is 7. The fourth-order valence-electron chi connectivity index (χ4n) is 12.0. The Kier molecular flexibility index (Phi) is 37.4. The van der Waals surface area contributed by atoms with Crippen LogP contribution in [-0.2, 0) is 0 Å². The molecule has 0 radical (unpaired) electrons. The lowest BCUT2D eigenvalue weighted by molar-refractivity contribution is 0.00587. The van der Waals surface area contributed by atoms with Gasteiger partial charge in [-0.15, -0.1) is 0 Å². The van der Waals surface area contributed by atoms with Crippen LogP contribution in [0.3, 0.4) is 0 Å². The van der Waals surface area contributed by atoms with Gasteiger partial charge in [0.25, 0.3) is 0 Å². The summed E-state index contributed by atoms with van der Waals surface area (Å²) in [6, 6.07) is 3.03. The normalized spacial score (nSPS) is 31.6. The highest BCUT2D eigenvalue weighted by Gasteiger charge is 2.34. The van der Waals surface area contributed by atoms with E-state index in [1.165, 1.54) is 6.42 Å². The minimum atomic E-state index is -0.559. The van der Waals surface area contributed by atoms with Crippen LogP contribution in [0, 0.1) is 41.4 Å². The topological polar surface area (TPSA) is 120 Å². The Morgan fingerprint density at radius 2 is 0.855 bits per heavy atom. The van der Waals surface area contributed by atoms with Crippen molar-refractivity contribution in [1.82, 2.24) is 56.0 Å². The van der Waals surface area contributed by atoms with Crippen molar-refractivity contribution in [2.24, 2.45) is 41.4 Å². The number of nitrogens with one attached hydrogen (secondary N) is 5. The van der Waals surface area contributed by atoms with Gasteiger partial charge >= 0.3 is 0 Å². The fourth-order valence-corrected chi connectivity index (χ4v) is 12.0. The van der Waals surface area contributed by atoms with E-state index in [9.17, 15) is 10.2 Å². The fraction of sp³-hybridized carbons (Fsp3) is 0.968. The Morgan fingerprint density at radius 3 is 1.30 bits per heavy atom. The predicted octanol–water partition coefficient (Wildman–Crippen LogP) is 7.88. The molecular formula is C63H135N11O2. The predicted molar refractivity (Wildman–Crippen MR) is 333 cm³/mol. The highest BCUT2D eigenvalue weighted by molar-refractivity contribution is 4.93. The van der Waals surface area contributed by atoms with E-state index in [-0.39, 0.29) is 30.1 Å². The molecule has 0 aliphatic carbocycles. The summed E-state index contributed by atoms with van der Waals surface area (Å²) in [6.07, 6.45) is 9.72. The monoisotopic (exact) mass is 1080 g/mol. The first-order valence-electron chi connectivity index (χ1n) is 31.3. The van der Waals surface area contributed by atoms with Crippen LogP contribution < -0.4 is 26.6 Å². The first kappa shape index (κ1) is 73.2. The smallest absolute Gasteiger partial charge is 0.0736 e. The maximum Gasteiger partial charge on any atom is 0.0736 e. The molecule has 454 valence electrons. The lowest BCUT2D eigenvalue weighted by Crippen LogP contribution is -2.58. The summed E-state index contributed by atoms with van der Waals surface area (Å²) in [5, 5.41) is 43.8. The Bertz CT molecular complexity index is 1450. The third-order valence-corrected chi connectivity index (χ3v) is 17.0. The molecule has 0 aromatic carbocycles. The van der Waals surface area contributed by atoms with E-state index in [0.717, 1.165) is 91.0 Å². The van der Waals surface area contributed by atoms with E-state index in [1.807, 2.05) is 6.92 Å². The molecular weight excluding hydrogens is 943 g/mol. The number of aliphatic hydroxyl groups excluding tert-OH is 2. The molecule has 7 N–H and O–H groups in total.